The fraction of sp³-hybridized carbons (Fsp3) is 0.0870. The maximum atomic E-state index is 13.4. The van der Waals surface area contributed by atoms with Gasteiger partial charge >= 0.3 is 0 Å². The van der Waals surface area contributed by atoms with Gasteiger partial charge in [-0.1, -0.05) is 54.6 Å². The highest BCUT2D eigenvalue weighted by Crippen LogP contribution is 2.32. The number of carbonyl (C=O) groups excluding carboxylic acids is 1. The molecule has 5 rings (SSSR count). The number of nitrogens with one attached hydrogen (secondary N) is 1. The van der Waals surface area contributed by atoms with E-state index in [0.717, 1.165) is 0 Å². The molecule has 2 N–H and O–H groups in total. The van der Waals surface area contributed by atoms with Crippen LogP contribution in [0, 0.1) is 0 Å². The molecule has 6 nitrogen and oxygen atoms in total. The second-order valence-electron chi connectivity index (χ2n) is 6.95. The molecule has 3 aromatic carbocycles. The number of rotatable bonds is 2. The van der Waals surface area contributed by atoms with Crippen LogP contribution in [-0.2, 0) is 0 Å². The lowest BCUT2D eigenvalue weighted by Crippen LogP contribution is -2.34. The van der Waals surface area contributed by atoms with Crippen LogP contribution in [0.15, 0.2) is 83.7 Å². The fourth-order valence-corrected chi connectivity index (χ4v) is 3.80. The van der Waals surface area contributed by atoms with Gasteiger partial charge < -0.3 is 10.4 Å². The van der Waals surface area contributed by atoms with E-state index in [9.17, 15) is 14.7 Å². The predicted octanol–water partition coefficient (Wildman–Crippen LogP) is 2.90. The van der Waals surface area contributed by atoms with Gasteiger partial charge in [0.15, 0.2) is 0 Å². The van der Waals surface area contributed by atoms with Gasteiger partial charge in [0.2, 0.25) is 0 Å². The SMILES string of the molecule is O=C1N[C@H]([C@H](O)c2ccccc2)c2nc3ccccc3c(=O)n2-c2ccccc21. The zero-order valence-corrected chi connectivity index (χ0v) is 15.3. The summed E-state index contributed by atoms with van der Waals surface area (Å²) >= 11 is 0. The molecule has 0 saturated heterocycles. The lowest BCUT2D eigenvalue weighted by Gasteiger charge is -2.24. The van der Waals surface area contributed by atoms with E-state index in [1.54, 1.807) is 60.7 Å². The van der Waals surface area contributed by atoms with Crippen molar-refractivity contribution < 1.29 is 9.90 Å². The third kappa shape index (κ3) is 2.73. The third-order valence-electron chi connectivity index (χ3n) is 5.21. The van der Waals surface area contributed by atoms with Crippen molar-refractivity contribution in [3.05, 3.63) is 106 Å². The Kier molecular flexibility index (Phi) is 4.00. The van der Waals surface area contributed by atoms with Gasteiger partial charge in [0.25, 0.3) is 11.5 Å². The average molecular weight is 383 g/mol. The number of amides is 1. The zero-order chi connectivity index (χ0) is 20.0. The van der Waals surface area contributed by atoms with E-state index < -0.39 is 12.1 Å². The minimum Gasteiger partial charge on any atom is -0.386 e. The molecule has 29 heavy (non-hydrogen) atoms. The summed E-state index contributed by atoms with van der Waals surface area (Å²) in [6.07, 6.45) is -1.08. The first-order valence-electron chi connectivity index (χ1n) is 9.30. The van der Waals surface area contributed by atoms with Gasteiger partial charge in [-0.3, -0.25) is 14.2 Å². The molecule has 0 radical (unpaired) electrons. The lowest BCUT2D eigenvalue weighted by atomic mass is 10.0. The van der Waals surface area contributed by atoms with Crippen molar-refractivity contribution in [3.63, 3.8) is 0 Å². The van der Waals surface area contributed by atoms with Crippen LogP contribution in [0.3, 0.4) is 0 Å². The topological polar surface area (TPSA) is 84.2 Å². The number of para-hydroxylation sites is 2. The van der Waals surface area contributed by atoms with Gasteiger partial charge in [0.1, 0.15) is 18.0 Å². The summed E-state index contributed by atoms with van der Waals surface area (Å²) < 4.78 is 1.44. The van der Waals surface area contributed by atoms with Crippen LogP contribution in [-0.4, -0.2) is 20.6 Å². The summed E-state index contributed by atoms with van der Waals surface area (Å²) in [6.45, 7) is 0. The molecule has 0 spiro atoms. The number of benzene rings is 3. The van der Waals surface area contributed by atoms with Crippen LogP contribution in [0.5, 0.6) is 0 Å². The molecule has 0 unspecified atom stereocenters. The normalized spacial score (nSPS) is 16.4. The molecule has 4 aromatic rings. The zero-order valence-electron chi connectivity index (χ0n) is 15.3. The molecule has 1 amide bonds. The van der Waals surface area contributed by atoms with Crippen LogP contribution in [0.2, 0.25) is 0 Å². The molecule has 2 heterocycles. The number of aliphatic hydroxyl groups excluding tert-OH is 1. The molecule has 2 atom stereocenters. The van der Waals surface area contributed by atoms with Gasteiger partial charge in [-0.25, -0.2) is 4.98 Å². The molecule has 1 aromatic heterocycles. The van der Waals surface area contributed by atoms with E-state index in [-0.39, 0.29) is 11.5 Å². The number of hydrogen-bond donors (Lipinski definition) is 2. The fourth-order valence-electron chi connectivity index (χ4n) is 3.80. The first kappa shape index (κ1) is 17.3. The van der Waals surface area contributed by atoms with Gasteiger partial charge in [0.05, 0.1) is 22.2 Å². The molecule has 0 fully saturated rings. The quantitative estimate of drug-likeness (QED) is 0.557. The predicted molar refractivity (Wildman–Crippen MR) is 109 cm³/mol. The molecule has 1 aliphatic heterocycles. The number of carbonyl (C=O) groups is 1. The average Bonchev–Trinajstić information content (AvgIpc) is 2.89. The number of aliphatic hydroxyl groups is 1. The van der Waals surface area contributed by atoms with Gasteiger partial charge in [-0.2, -0.15) is 0 Å². The summed E-state index contributed by atoms with van der Waals surface area (Å²) in [7, 11) is 0. The summed E-state index contributed by atoms with van der Waals surface area (Å²) in [6, 6.07) is 22.1. The molecule has 142 valence electrons. The second-order valence-corrected chi connectivity index (χ2v) is 6.95. The van der Waals surface area contributed by atoms with E-state index in [4.69, 9.17) is 0 Å². The maximum absolute atomic E-state index is 13.4. The van der Waals surface area contributed by atoms with Crippen LogP contribution in [0.4, 0.5) is 0 Å². The van der Waals surface area contributed by atoms with Crippen LogP contribution in [0.1, 0.15) is 33.9 Å². The Hall–Kier alpha value is -3.77. The Morgan fingerprint density at radius 1 is 0.897 bits per heavy atom. The summed E-state index contributed by atoms with van der Waals surface area (Å²) in [5.41, 5.74) is 1.67. The van der Waals surface area contributed by atoms with E-state index in [0.29, 0.717) is 33.5 Å². The lowest BCUT2D eigenvalue weighted by molar-refractivity contribution is 0.0826. The number of aromatic nitrogens is 2. The molecule has 0 saturated carbocycles. The van der Waals surface area contributed by atoms with Crippen molar-refractivity contribution in [2.45, 2.75) is 12.1 Å². The van der Waals surface area contributed by atoms with Crippen LogP contribution in [0.25, 0.3) is 16.6 Å². The molecule has 0 bridgehead atoms. The molecular formula is C23H17N3O3. The number of fused-ring (bicyclic) bond motifs is 4. The summed E-state index contributed by atoms with van der Waals surface area (Å²) in [4.78, 5) is 31.0. The van der Waals surface area contributed by atoms with Crippen LogP contribution >= 0.6 is 0 Å². The monoisotopic (exact) mass is 383 g/mol. The Morgan fingerprint density at radius 3 is 2.41 bits per heavy atom. The van der Waals surface area contributed by atoms with Gasteiger partial charge in [-0.05, 0) is 29.8 Å². The van der Waals surface area contributed by atoms with Crippen LogP contribution < -0.4 is 10.9 Å². The Morgan fingerprint density at radius 2 is 1.59 bits per heavy atom. The third-order valence-corrected chi connectivity index (χ3v) is 5.21. The van der Waals surface area contributed by atoms with Crippen molar-refractivity contribution in [2.75, 3.05) is 0 Å². The highest BCUT2D eigenvalue weighted by atomic mass is 16.3. The van der Waals surface area contributed by atoms with Crippen molar-refractivity contribution in [3.8, 4) is 5.69 Å². The van der Waals surface area contributed by atoms with E-state index in [1.807, 2.05) is 18.2 Å². The summed E-state index contributed by atoms with van der Waals surface area (Å²) in [5.74, 6) is -0.0714. The van der Waals surface area contributed by atoms with Crippen molar-refractivity contribution in [2.24, 2.45) is 0 Å². The Labute approximate surface area is 166 Å². The highest BCUT2D eigenvalue weighted by molar-refractivity contribution is 5.98. The Bertz CT molecular complexity index is 1300. The highest BCUT2D eigenvalue weighted by Gasteiger charge is 2.34. The number of nitrogens with zero attached hydrogens (tertiary/aromatic N) is 2. The Balaban J connectivity index is 1.84. The molecule has 6 heteroatoms. The van der Waals surface area contributed by atoms with Crippen molar-refractivity contribution in [1.82, 2.24) is 14.9 Å². The standard InChI is InChI=1S/C23H17N3O3/c27-20(14-8-2-1-3-9-14)19-21-24-17-12-6-4-10-15(17)23(29)26(21)18-13-7-5-11-16(18)22(28)25-19/h1-13,19-20,27H,(H,25,28)/t19-,20-/m1/s1. The first-order valence-corrected chi connectivity index (χ1v) is 9.30. The second kappa shape index (κ2) is 6.68. The summed E-state index contributed by atoms with van der Waals surface area (Å²) in [5, 5.41) is 14.4. The van der Waals surface area contributed by atoms with Crippen molar-refractivity contribution >= 4 is 16.8 Å². The van der Waals surface area contributed by atoms with Crippen molar-refractivity contribution in [1.29, 1.82) is 0 Å². The first-order chi connectivity index (χ1) is 14.1. The number of hydrogen-bond acceptors (Lipinski definition) is 4. The maximum Gasteiger partial charge on any atom is 0.266 e. The largest absolute Gasteiger partial charge is 0.386 e. The smallest absolute Gasteiger partial charge is 0.266 e. The minimum atomic E-state index is -1.08. The van der Waals surface area contributed by atoms with E-state index in [1.165, 1.54) is 4.57 Å². The molecule has 0 aliphatic carbocycles. The molecular weight excluding hydrogens is 366 g/mol. The van der Waals surface area contributed by atoms with E-state index >= 15 is 0 Å². The van der Waals surface area contributed by atoms with E-state index in [2.05, 4.69) is 10.3 Å². The molecule has 1 aliphatic rings. The van der Waals surface area contributed by atoms with Gasteiger partial charge in [-0.15, -0.1) is 0 Å². The van der Waals surface area contributed by atoms with Gasteiger partial charge in [0, 0.05) is 0 Å². The minimum absolute atomic E-state index is 0.278.